The van der Waals surface area contributed by atoms with Crippen molar-refractivity contribution in [2.24, 2.45) is 5.41 Å². The van der Waals surface area contributed by atoms with E-state index in [1.807, 2.05) is 46.8 Å². The van der Waals surface area contributed by atoms with Gasteiger partial charge in [0.25, 0.3) is 0 Å². The number of para-hydroxylation sites is 1. The number of ether oxygens (including phenoxy) is 1. The highest BCUT2D eigenvalue weighted by Crippen LogP contribution is 2.34. The summed E-state index contributed by atoms with van der Waals surface area (Å²) in [5.41, 5.74) is 1.79. The predicted molar refractivity (Wildman–Crippen MR) is 127 cm³/mol. The van der Waals surface area contributed by atoms with Gasteiger partial charge in [-0.1, -0.05) is 59.7 Å². The Balaban J connectivity index is 0. The minimum atomic E-state index is -0.590. The first-order chi connectivity index (χ1) is 13.7. The van der Waals surface area contributed by atoms with E-state index < -0.39 is 5.97 Å². The van der Waals surface area contributed by atoms with Crippen LogP contribution in [0.3, 0.4) is 0 Å². The first-order valence-electron chi connectivity index (χ1n) is 11.0. The van der Waals surface area contributed by atoms with Gasteiger partial charge in [0, 0.05) is 23.8 Å². The third-order valence-electron chi connectivity index (χ3n) is 4.94. The molecule has 1 saturated heterocycles. The second-order valence-corrected chi connectivity index (χ2v) is 7.07. The van der Waals surface area contributed by atoms with Crippen LogP contribution in [0.2, 0.25) is 0 Å². The predicted octanol–water partition coefficient (Wildman–Crippen LogP) is 5.84. The number of benzene rings is 1. The molecule has 1 heterocycles. The summed E-state index contributed by atoms with van der Waals surface area (Å²) in [5, 5.41) is 10.8. The second-order valence-electron chi connectivity index (χ2n) is 7.07. The van der Waals surface area contributed by atoms with E-state index in [9.17, 15) is 4.79 Å². The van der Waals surface area contributed by atoms with Crippen LogP contribution in [0.1, 0.15) is 74.3 Å². The lowest BCUT2D eigenvalue weighted by molar-refractivity contribution is -0.135. The highest BCUT2D eigenvalue weighted by molar-refractivity contribution is 6.43. The number of carbonyl (C=O) groups is 1. The molecule has 5 nitrogen and oxygen atoms in total. The van der Waals surface area contributed by atoms with Crippen molar-refractivity contribution in [1.29, 1.82) is 5.41 Å². The molecule has 1 unspecified atom stereocenters. The van der Waals surface area contributed by atoms with Crippen LogP contribution in [0.25, 0.3) is 0 Å². The summed E-state index contributed by atoms with van der Waals surface area (Å²) in [4.78, 5) is 13.9. The number of hydrogen-bond acceptors (Lipinski definition) is 5. The molecule has 0 bridgehead atoms. The van der Waals surface area contributed by atoms with Crippen LogP contribution < -0.4 is 5.32 Å². The van der Waals surface area contributed by atoms with Gasteiger partial charge in [0.2, 0.25) is 0 Å². The van der Waals surface area contributed by atoms with Crippen molar-refractivity contribution in [2.45, 2.75) is 74.8 Å². The number of esters is 1. The quantitative estimate of drug-likeness (QED) is 0.475. The molecule has 1 aliphatic rings. The van der Waals surface area contributed by atoms with Crippen LogP contribution in [0, 0.1) is 10.8 Å². The van der Waals surface area contributed by atoms with Crippen LogP contribution in [0.4, 0.5) is 5.69 Å². The van der Waals surface area contributed by atoms with E-state index in [1.54, 1.807) is 19.1 Å². The van der Waals surface area contributed by atoms with Gasteiger partial charge in [0.1, 0.15) is 5.71 Å². The summed E-state index contributed by atoms with van der Waals surface area (Å²) in [6, 6.07) is 7.99. The molecule has 1 aromatic carbocycles. The minimum absolute atomic E-state index is 0.113. The Morgan fingerprint density at radius 3 is 2.14 bits per heavy atom. The van der Waals surface area contributed by atoms with E-state index in [0.29, 0.717) is 11.0 Å². The van der Waals surface area contributed by atoms with Crippen molar-refractivity contribution in [2.75, 3.05) is 32.1 Å². The summed E-state index contributed by atoms with van der Waals surface area (Å²) in [7, 11) is 2.21. The number of nitrogens with zero attached hydrogens (tertiary/aromatic N) is 1. The van der Waals surface area contributed by atoms with Gasteiger partial charge >= 0.3 is 5.97 Å². The Hall–Kier alpha value is -1.88. The summed E-state index contributed by atoms with van der Waals surface area (Å²) < 4.78 is 4.80. The first-order valence-corrected chi connectivity index (χ1v) is 11.0. The average Bonchev–Trinajstić information content (AvgIpc) is 2.98. The number of rotatable bonds is 5. The van der Waals surface area contributed by atoms with Crippen molar-refractivity contribution in [3.63, 3.8) is 0 Å². The molecule has 168 valence electrons. The topological polar surface area (TPSA) is 65.4 Å². The van der Waals surface area contributed by atoms with E-state index in [2.05, 4.69) is 38.0 Å². The van der Waals surface area contributed by atoms with Gasteiger partial charge < -0.3 is 15.0 Å². The van der Waals surface area contributed by atoms with Gasteiger partial charge in [-0.15, -0.1) is 0 Å². The maximum Gasteiger partial charge on any atom is 0.356 e. The normalized spacial score (nSPS) is 16.7. The molecule has 5 heteroatoms. The lowest BCUT2D eigenvalue weighted by atomic mass is 9.86. The Kier molecular flexibility index (Phi) is 16.2. The zero-order valence-electron chi connectivity index (χ0n) is 20.5. The molecule has 2 N–H and O–H groups in total. The molecular formula is C24H45N3O2. The van der Waals surface area contributed by atoms with Crippen molar-refractivity contribution in [1.82, 2.24) is 4.90 Å². The molecular weight excluding hydrogens is 362 g/mol. The lowest BCUT2D eigenvalue weighted by Gasteiger charge is -2.26. The SMILES string of the molecule is CC.CC.CC1N(C)CCC1(C)C.CCNc1ccccc1C(=N)C(=O)OCC. The van der Waals surface area contributed by atoms with Crippen molar-refractivity contribution >= 4 is 17.4 Å². The van der Waals surface area contributed by atoms with Gasteiger partial charge in [-0.25, -0.2) is 4.79 Å². The lowest BCUT2D eigenvalue weighted by Crippen LogP contribution is -2.30. The largest absolute Gasteiger partial charge is 0.461 e. The monoisotopic (exact) mass is 407 g/mol. The minimum Gasteiger partial charge on any atom is -0.461 e. The summed E-state index contributed by atoms with van der Waals surface area (Å²) in [6.07, 6.45) is 1.35. The van der Waals surface area contributed by atoms with E-state index in [4.69, 9.17) is 10.1 Å². The zero-order chi connectivity index (χ0) is 23.0. The number of nitrogens with one attached hydrogen (secondary N) is 2. The molecule has 1 aromatic rings. The second kappa shape index (κ2) is 16.0. The molecule has 0 aliphatic carbocycles. The third kappa shape index (κ3) is 9.93. The molecule has 2 rings (SSSR count). The fourth-order valence-electron chi connectivity index (χ4n) is 2.82. The van der Waals surface area contributed by atoms with E-state index in [-0.39, 0.29) is 12.3 Å². The number of anilines is 1. The number of likely N-dealkylation sites (tertiary alicyclic amines) is 1. The molecule has 0 aromatic heterocycles. The third-order valence-corrected chi connectivity index (χ3v) is 4.94. The van der Waals surface area contributed by atoms with Crippen LogP contribution in [0.15, 0.2) is 24.3 Å². The maximum absolute atomic E-state index is 11.4. The first kappa shape index (κ1) is 29.3. The molecule has 1 atom stereocenters. The molecule has 0 saturated carbocycles. The van der Waals surface area contributed by atoms with Crippen molar-refractivity contribution in [3.8, 4) is 0 Å². The van der Waals surface area contributed by atoms with Gasteiger partial charge in [-0.3, -0.25) is 5.41 Å². The number of carbonyl (C=O) groups excluding carboxylic acids is 1. The molecule has 1 fully saturated rings. The zero-order valence-corrected chi connectivity index (χ0v) is 20.5. The van der Waals surface area contributed by atoms with Crippen LogP contribution in [-0.2, 0) is 9.53 Å². The van der Waals surface area contributed by atoms with Crippen LogP contribution in [0.5, 0.6) is 0 Å². The van der Waals surface area contributed by atoms with Gasteiger partial charge in [-0.2, -0.15) is 0 Å². The van der Waals surface area contributed by atoms with E-state index >= 15 is 0 Å². The molecule has 0 spiro atoms. The smallest absolute Gasteiger partial charge is 0.356 e. The van der Waals surface area contributed by atoms with E-state index in [0.717, 1.165) is 18.3 Å². The molecule has 1 aliphatic heterocycles. The molecule has 0 amide bonds. The van der Waals surface area contributed by atoms with Crippen LogP contribution >= 0.6 is 0 Å². The standard InChI is InChI=1S/C12H16N2O2.C8H17N.2C2H6/c1-3-14-10-8-6-5-7-9(10)11(13)12(15)16-4-2;1-7-8(2,3)5-6-9(7)4;2*1-2/h5-8,13-14H,3-4H2,1-2H3;7H,5-6H2,1-4H3;2*1-2H3. The number of hydrogen-bond donors (Lipinski definition) is 2. The van der Waals surface area contributed by atoms with Crippen molar-refractivity contribution in [3.05, 3.63) is 29.8 Å². The summed E-state index contributed by atoms with van der Waals surface area (Å²) in [6.45, 7) is 21.0. The van der Waals surface area contributed by atoms with Crippen LogP contribution in [-0.4, -0.2) is 49.4 Å². The van der Waals surface area contributed by atoms with E-state index in [1.165, 1.54) is 13.0 Å². The highest BCUT2D eigenvalue weighted by atomic mass is 16.5. The Morgan fingerprint density at radius 1 is 1.21 bits per heavy atom. The van der Waals surface area contributed by atoms with Gasteiger partial charge in [0.05, 0.1) is 6.61 Å². The Bertz CT molecular complexity index is 585. The summed E-state index contributed by atoms with van der Waals surface area (Å²) in [5.74, 6) is -0.590. The Morgan fingerprint density at radius 2 is 1.76 bits per heavy atom. The fraction of sp³-hybridized carbons (Fsp3) is 0.667. The van der Waals surface area contributed by atoms with Crippen molar-refractivity contribution < 1.29 is 9.53 Å². The average molecular weight is 408 g/mol. The fourth-order valence-corrected chi connectivity index (χ4v) is 2.82. The maximum atomic E-state index is 11.4. The molecule has 29 heavy (non-hydrogen) atoms. The molecule has 0 radical (unpaired) electrons. The van der Waals surface area contributed by atoms with Gasteiger partial charge in [0.15, 0.2) is 0 Å². The highest BCUT2D eigenvalue weighted by Gasteiger charge is 2.34. The Labute approximate surface area is 179 Å². The summed E-state index contributed by atoms with van der Waals surface area (Å²) >= 11 is 0. The van der Waals surface area contributed by atoms with Gasteiger partial charge in [-0.05, 0) is 52.3 Å².